The van der Waals surface area contributed by atoms with E-state index in [2.05, 4.69) is 31.0 Å². The highest BCUT2D eigenvalue weighted by Gasteiger charge is 2.33. The van der Waals surface area contributed by atoms with Crippen molar-refractivity contribution in [2.75, 3.05) is 38.3 Å². The molecule has 48 heavy (non-hydrogen) atoms. The van der Waals surface area contributed by atoms with Gasteiger partial charge < -0.3 is 24.2 Å². The van der Waals surface area contributed by atoms with E-state index in [-0.39, 0.29) is 18.0 Å². The number of carbonyl (C=O) groups excluding carboxylic acids is 1. The highest BCUT2D eigenvalue weighted by Crippen LogP contribution is 2.36. The summed E-state index contributed by atoms with van der Waals surface area (Å²) in [5, 5.41) is 14.2. The molecule has 4 aromatic rings. The minimum absolute atomic E-state index is 0.105. The third-order valence-electron chi connectivity index (χ3n) is 7.87. The molecule has 0 aliphatic carbocycles. The number of halogens is 1. The summed E-state index contributed by atoms with van der Waals surface area (Å²) >= 11 is 6.37. The van der Waals surface area contributed by atoms with Crippen molar-refractivity contribution >= 4 is 29.0 Å². The van der Waals surface area contributed by atoms with Crippen LogP contribution in [0.5, 0.6) is 5.75 Å². The summed E-state index contributed by atoms with van der Waals surface area (Å²) in [6, 6.07) is 15.7. The molecule has 5 rings (SSSR count). The highest BCUT2D eigenvalue weighted by atomic mass is 35.5. The van der Waals surface area contributed by atoms with Crippen molar-refractivity contribution in [2.45, 2.75) is 65.1 Å². The number of esters is 1. The molecule has 0 spiro atoms. The van der Waals surface area contributed by atoms with Crippen LogP contribution >= 0.6 is 11.6 Å². The Bertz CT molecular complexity index is 1750. The Kier molecular flexibility index (Phi) is 12.1. The number of anilines is 1. The smallest absolute Gasteiger partial charge is 0.310 e. The van der Waals surface area contributed by atoms with E-state index in [1.165, 1.54) is 7.11 Å². The fourth-order valence-electron chi connectivity index (χ4n) is 5.47. The zero-order valence-electron chi connectivity index (χ0n) is 28.9. The molecule has 256 valence electrons. The summed E-state index contributed by atoms with van der Waals surface area (Å²) in [4.78, 5) is 19.6. The SMILES string of the molecule is C=CCOc1ccc(Cl)cc1-c1cccc(-c2cc3nc(C)c(CC(=O)OC)c(N4CCC(C)(OCC=C)CC4)n3n2)c1.CC(C)(C)O. The standard InChI is InChI=1S/C34H37ClN4O4.C4H10O/c1-6-17-42-30-12-11-26(35)20-28(30)24-9-8-10-25(19-24)29-22-31-36-23(3)27(21-32(40)41-5)33(39(31)37-29)38-15-13-34(4,14-16-38)43-18-7-2;1-4(2,3)5/h6-12,19-20,22H,1-2,13-18,21H2,3-5H3;5H,1-3H3. The molecule has 3 heterocycles. The van der Waals surface area contributed by atoms with E-state index >= 15 is 0 Å². The number of methoxy groups -OCH3 is 1. The van der Waals surface area contributed by atoms with Crippen LogP contribution in [0.15, 0.2) is 73.8 Å². The van der Waals surface area contributed by atoms with E-state index in [1.54, 1.807) is 32.9 Å². The summed E-state index contributed by atoms with van der Waals surface area (Å²) < 4.78 is 18.9. The molecule has 0 atom stereocenters. The van der Waals surface area contributed by atoms with Crippen LogP contribution in [0.1, 0.15) is 51.8 Å². The molecule has 0 unspecified atom stereocenters. The lowest BCUT2D eigenvalue weighted by Gasteiger charge is -2.40. The maximum absolute atomic E-state index is 12.5. The zero-order chi connectivity index (χ0) is 35.1. The number of aryl methyl sites for hydroxylation is 1. The Morgan fingerprint density at radius 2 is 1.73 bits per heavy atom. The number of nitrogens with zero attached hydrogens (tertiary/aromatic N) is 4. The maximum atomic E-state index is 12.5. The second-order valence-electron chi connectivity index (χ2n) is 13.1. The number of hydrogen-bond donors (Lipinski definition) is 1. The molecule has 0 saturated carbocycles. The zero-order valence-corrected chi connectivity index (χ0v) is 29.6. The van der Waals surface area contributed by atoms with Crippen LogP contribution in [0.2, 0.25) is 5.02 Å². The third kappa shape index (κ3) is 9.46. The number of benzene rings is 2. The molecule has 2 aromatic heterocycles. The van der Waals surface area contributed by atoms with E-state index in [4.69, 9.17) is 41.0 Å². The molecular formula is C38H47ClN4O5. The number of ether oxygens (including phenoxy) is 3. The molecule has 10 heteroatoms. The van der Waals surface area contributed by atoms with Gasteiger partial charge in [-0.25, -0.2) is 4.98 Å². The fraction of sp³-hybridized carbons (Fsp3) is 0.395. The molecule has 1 N–H and O–H groups in total. The van der Waals surface area contributed by atoms with E-state index in [9.17, 15) is 4.79 Å². The normalized spacial score (nSPS) is 14.2. The quantitative estimate of drug-likeness (QED) is 0.128. The Hall–Kier alpha value is -4.18. The Morgan fingerprint density at radius 1 is 1.06 bits per heavy atom. The second kappa shape index (κ2) is 15.8. The van der Waals surface area contributed by atoms with E-state index in [1.807, 2.05) is 53.9 Å². The van der Waals surface area contributed by atoms with Gasteiger partial charge in [-0.3, -0.25) is 4.79 Å². The molecule has 0 amide bonds. The summed E-state index contributed by atoms with van der Waals surface area (Å²) in [7, 11) is 1.40. The molecule has 0 radical (unpaired) electrons. The minimum Gasteiger partial charge on any atom is -0.489 e. The van der Waals surface area contributed by atoms with E-state index < -0.39 is 5.60 Å². The Balaban J connectivity index is 0.000000968. The number of carbonyl (C=O) groups is 1. The lowest BCUT2D eigenvalue weighted by molar-refractivity contribution is -0.139. The van der Waals surface area contributed by atoms with E-state index in [0.717, 1.165) is 71.1 Å². The first kappa shape index (κ1) is 36.7. The molecule has 1 aliphatic rings. The van der Waals surface area contributed by atoms with Crippen LogP contribution in [0.3, 0.4) is 0 Å². The van der Waals surface area contributed by atoms with Crippen LogP contribution < -0.4 is 9.64 Å². The average Bonchev–Trinajstić information content (AvgIpc) is 3.47. The number of rotatable bonds is 11. The van der Waals surface area contributed by atoms with E-state index in [0.29, 0.717) is 23.9 Å². The first-order chi connectivity index (χ1) is 22.7. The van der Waals surface area contributed by atoms with Gasteiger partial charge in [-0.2, -0.15) is 9.61 Å². The number of fused-ring (bicyclic) bond motifs is 1. The number of piperidine rings is 1. The first-order valence-corrected chi connectivity index (χ1v) is 16.5. The van der Waals surface area contributed by atoms with Crippen molar-refractivity contribution in [1.29, 1.82) is 0 Å². The van der Waals surface area contributed by atoms with Crippen molar-refractivity contribution in [3.63, 3.8) is 0 Å². The van der Waals surface area contributed by atoms with Gasteiger partial charge in [-0.15, -0.1) is 6.58 Å². The summed E-state index contributed by atoms with van der Waals surface area (Å²) in [5.41, 5.74) is 5.05. The van der Waals surface area contributed by atoms with Gasteiger partial charge >= 0.3 is 5.97 Å². The highest BCUT2D eigenvalue weighted by molar-refractivity contribution is 6.31. The van der Waals surface area contributed by atoms with Gasteiger partial charge in [0.15, 0.2) is 5.65 Å². The predicted molar refractivity (Wildman–Crippen MR) is 193 cm³/mol. The van der Waals surface area contributed by atoms with Crippen LogP contribution in [0.4, 0.5) is 5.82 Å². The lowest BCUT2D eigenvalue weighted by Crippen LogP contribution is -2.45. The molecule has 2 aromatic carbocycles. The van der Waals surface area contributed by atoms with Gasteiger partial charge in [-0.1, -0.05) is 48.5 Å². The third-order valence-corrected chi connectivity index (χ3v) is 8.10. The average molecular weight is 675 g/mol. The topological polar surface area (TPSA) is 98.4 Å². The lowest BCUT2D eigenvalue weighted by atomic mass is 9.93. The molecule has 1 fully saturated rings. The van der Waals surface area contributed by atoms with Crippen molar-refractivity contribution in [1.82, 2.24) is 14.6 Å². The summed E-state index contributed by atoms with van der Waals surface area (Å²) in [6.07, 6.45) is 5.25. The summed E-state index contributed by atoms with van der Waals surface area (Å²) in [6.45, 7) is 19.2. The minimum atomic E-state index is -0.500. The van der Waals surface area contributed by atoms with Gasteiger partial charge in [0.05, 0.1) is 37.0 Å². The number of hydrogen-bond acceptors (Lipinski definition) is 8. The van der Waals surface area contributed by atoms with Gasteiger partial charge in [-0.05, 0) is 77.3 Å². The van der Waals surface area contributed by atoms with Gasteiger partial charge in [0.25, 0.3) is 0 Å². The van der Waals surface area contributed by atoms with Crippen molar-refractivity contribution in [3.8, 4) is 28.1 Å². The monoisotopic (exact) mass is 674 g/mol. The molecule has 0 bridgehead atoms. The predicted octanol–water partition coefficient (Wildman–Crippen LogP) is 7.64. The first-order valence-electron chi connectivity index (χ1n) is 16.1. The Labute approximate surface area is 288 Å². The molecule has 1 saturated heterocycles. The fourth-order valence-corrected chi connectivity index (χ4v) is 5.64. The van der Waals surface area contributed by atoms with Crippen LogP contribution in [-0.4, -0.2) is 70.3 Å². The van der Waals surface area contributed by atoms with Crippen LogP contribution in [-0.2, 0) is 20.7 Å². The van der Waals surface area contributed by atoms with Crippen LogP contribution in [0, 0.1) is 6.92 Å². The number of aliphatic hydroxyl groups is 1. The number of aromatic nitrogens is 3. The van der Waals surface area contributed by atoms with Crippen molar-refractivity contribution in [3.05, 3.63) is 90.1 Å². The van der Waals surface area contributed by atoms with Gasteiger partial charge in [0.1, 0.15) is 18.2 Å². The van der Waals surface area contributed by atoms with Crippen molar-refractivity contribution in [2.24, 2.45) is 0 Å². The Morgan fingerprint density at radius 3 is 2.38 bits per heavy atom. The van der Waals surface area contributed by atoms with Gasteiger partial charge in [0, 0.05) is 46.6 Å². The largest absolute Gasteiger partial charge is 0.489 e. The van der Waals surface area contributed by atoms with Crippen molar-refractivity contribution < 1.29 is 24.1 Å². The molecule has 9 nitrogen and oxygen atoms in total. The molecular weight excluding hydrogens is 628 g/mol. The van der Waals surface area contributed by atoms with Gasteiger partial charge in [0.2, 0.25) is 0 Å². The second-order valence-corrected chi connectivity index (χ2v) is 13.5. The maximum Gasteiger partial charge on any atom is 0.310 e. The molecule has 1 aliphatic heterocycles. The summed E-state index contributed by atoms with van der Waals surface area (Å²) in [5.74, 6) is 1.26. The van der Waals surface area contributed by atoms with Crippen LogP contribution in [0.25, 0.3) is 28.0 Å².